The number of nitrogens with one attached hydrogen (secondary N) is 4. The molecular formula is C28H34N6O3. The quantitative estimate of drug-likeness (QED) is 0.302. The lowest BCUT2D eigenvalue weighted by Gasteiger charge is -2.21. The standard InChI is InChI=1S/C28H34N6O3/c1-17-10-20-12-21(15-30-24(20)11-18(17)2)33-27(36)23(9-8-19-6-4-3-5-7-19)34-28(37)25-13-22(16-31-25)32-26(35)14-29/h3-7,10-12,15,22-23,25,31H,8-9,13-14,16,29H2,1-2H3,(H,32,35)(H,33,36)(H,34,37)/t22-,23-,25+/m1/s1. The second-order valence-electron chi connectivity index (χ2n) is 9.59. The summed E-state index contributed by atoms with van der Waals surface area (Å²) in [4.78, 5) is 42.5. The molecule has 0 unspecified atom stereocenters. The van der Waals surface area contributed by atoms with Crippen LogP contribution < -0.4 is 27.0 Å². The molecule has 0 aliphatic carbocycles. The number of hydrogen-bond acceptors (Lipinski definition) is 6. The van der Waals surface area contributed by atoms with Gasteiger partial charge in [-0.3, -0.25) is 19.4 Å². The van der Waals surface area contributed by atoms with E-state index < -0.39 is 12.1 Å². The molecule has 0 radical (unpaired) electrons. The molecule has 0 saturated carbocycles. The summed E-state index contributed by atoms with van der Waals surface area (Å²) in [6.07, 6.45) is 3.12. The highest BCUT2D eigenvalue weighted by Crippen LogP contribution is 2.21. The van der Waals surface area contributed by atoms with Crippen LogP contribution in [0.5, 0.6) is 0 Å². The summed E-state index contributed by atoms with van der Waals surface area (Å²) in [5.41, 5.74) is 10.2. The molecule has 9 heteroatoms. The lowest BCUT2D eigenvalue weighted by atomic mass is 10.0. The smallest absolute Gasteiger partial charge is 0.247 e. The molecule has 1 saturated heterocycles. The van der Waals surface area contributed by atoms with Crippen LogP contribution in [-0.2, 0) is 20.8 Å². The van der Waals surface area contributed by atoms with Crippen molar-refractivity contribution in [3.63, 3.8) is 0 Å². The van der Waals surface area contributed by atoms with Crippen molar-refractivity contribution in [2.45, 2.75) is 51.2 Å². The van der Waals surface area contributed by atoms with Crippen LogP contribution in [-0.4, -0.2) is 53.9 Å². The molecule has 1 fully saturated rings. The number of carbonyl (C=O) groups is 3. The van der Waals surface area contributed by atoms with E-state index >= 15 is 0 Å². The van der Waals surface area contributed by atoms with E-state index in [9.17, 15) is 14.4 Å². The summed E-state index contributed by atoms with van der Waals surface area (Å²) < 4.78 is 0. The summed E-state index contributed by atoms with van der Waals surface area (Å²) in [6.45, 7) is 4.45. The maximum Gasteiger partial charge on any atom is 0.247 e. The largest absolute Gasteiger partial charge is 0.351 e. The first kappa shape index (κ1) is 26.2. The summed E-state index contributed by atoms with van der Waals surface area (Å²) in [7, 11) is 0. The summed E-state index contributed by atoms with van der Waals surface area (Å²) >= 11 is 0. The first-order valence-electron chi connectivity index (χ1n) is 12.6. The molecule has 2 aromatic carbocycles. The van der Waals surface area contributed by atoms with Crippen LogP contribution >= 0.6 is 0 Å². The van der Waals surface area contributed by atoms with Gasteiger partial charge in [-0.15, -0.1) is 0 Å². The minimum absolute atomic E-state index is 0.0993. The van der Waals surface area contributed by atoms with Crippen molar-refractivity contribution >= 4 is 34.3 Å². The third kappa shape index (κ3) is 6.90. The van der Waals surface area contributed by atoms with E-state index in [0.29, 0.717) is 31.5 Å². The number of pyridine rings is 1. The van der Waals surface area contributed by atoms with Gasteiger partial charge in [0, 0.05) is 18.0 Å². The zero-order valence-corrected chi connectivity index (χ0v) is 21.2. The number of carbonyl (C=O) groups excluding carboxylic acids is 3. The highest BCUT2D eigenvalue weighted by Gasteiger charge is 2.32. The van der Waals surface area contributed by atoms with Crippen molar-refractivity contribution in [3.8, 4) is 0 Å². The highest BCUT2D eigenvalue weighted by atomic mass is 16.2. The minimum Gasteiger partial charge on any atom is -0.351 e. The van der Waals surface area contributed by atoms with E-state index in [1.54, 1.807) is 6.20 Å². The number of aryl methyl sites for hydroxylation is 3. The minimum atomic E-state index is -0.748. The Morgan fingerprint density at radius 1 is 1.11 bits per heavy atom. The fourth-order valence-electron chi connectivity index (χ4n) is 4.52. The molecule has 3 aromatic rings. The monoisotopic (exact) mass is 502 g/mol. The predicted octanol–water partition coefficient (Wildman–Crippen LogP) is 1.71. The average molecular weight is 503 g/mol. The van der Waals surface area contributed by atoms with Crippen molar-refractivity contribution in [2.75, 3.05) is 18.4 Å². The number of nitrogens with zero attached hydrogens (tertiary/aromatic N) is 1. The fourth-order valence-corrected chi connectivity index (χ4v) is 4.52. The van der Waals surface area contributed by atoms with Gasteiger partial charge in [-0.2, -0.15) is 0 Å². The number of aromatic nitrogens is 1. The van der Waals surface area contributed by atoms with Crippen LogP contribution in [0.1, 0.15) is 29.5 Å². The van der Waals surface area contributed by atoms with Gasteiger partial charge in [0.15, 0.2) is 0 Å². The molecule has 194 valence electrons. The van der Waals surface area contributed by atoms with Crippen molar-refractivity contribution in [1.29, 1.82) is 0 Å². The lowest BCUT2D eigenvalue weighted by Crippen LogP contribution is -2.50. The zero-order valence-electron chi connectivity index (χ0n) is 21.2. The second kappa shape index (κ2) is 11.9. The number of nitrogens with two attached hydrogens (primary N) is 1. The van der Waals surface area contributed by atoms with Gasteiger partial charge in [-0.25, -0.2) is 0 Å². The molecule has 37 heavy (non-hydrogen) atoms. The Kier molecular flexibility index (Phi) is 8.47. The van der Waals surface area contributed by atoms with Crippen molar-refractivity contribution in [2.24, 2.45) is 5.73 Å². The van der Waals surface area contributed by atoms with Gasteiger partial charge in [0.25, 0.3) is 0 Å². The Morgan fingerprint density at radius 3 is 2.62 bits per heavy atom. The Balaban J connectivity index is 1.45. The maximum atomic E-state index is 13.3. The van der Waals surface area contributed by atoms with Crippen LogP contribution in [0.25, 0.3) is 10.9 Å². The third-order valence-corrected chi connectivity index (χ3v) is 6.76. The van der Waals surface area contributed by atoms with E-state index in [4.69, 9.17) is 5.73 Å². The molecular weight excluding hydrogens is 468 g/mol. The van der Waals surface area contributed by atoms with E-state index in [1.165, 1.54) is 0 Å². The van der Waals surface area contributed by atoms with Crippen LogP contribution in [0.3, 0.4) is 0 Å². The normalized spacial score (nSPS) is 17.8. The second-order valence-corrected chi connectivity index (χ2v) is 9.59. The molecule has 1 aliphatic heterocycles. The SMILES string of the molecule is Cc1cc2cc(NC(=O)[C@@H](CCc3ccccc3)NC(=O)[C@@H]3C[C@@H](NC(=O)CN)CN3)cnc2cc1C. The van der Waals surface area contributed by atoms with E-state index in [1.807, 2.05) is 62.4 Å². The first-order chi connectivity index (χ1) is 17.8. The average Bonchev–Trinajstić information content (AvgIpc) is 3.36. The summed E-state index contributed by atoms with van der Waals surface area (Å²) in [6, 6.07) is 14.4. The van der Waals surface area contributed by atoms with Crippen molar-refractivity contribution in [1.82, 2.24) is 20.9 Å². The molecule has 4 rings (SSSR count). The number of rotatable bonds is 9. The molecule has 2 heterocycles. The molecule has 0 spiro atoms. The van der Waals surface area contributed by atoms with Gasteiger partial charge in [0.05, 0.1) is 30.0 Å². The number of amides is 3. The molecule has 9 nitrogen and oxygen atoms in total. The van der Waals surface area contributed by atoms with E-state index in [0.717, 1.165) is 27.6 Å². The fraction of sp³-hybridized carbons (Fsp3) is 0.357. The van der Waals surface area contributed by atoms with Gasteiger partial charge < -0.3 is 27.0 Å². The lowest BCUT2D eigenvalue weighted by molar-refractivity contribution is -0.127. The van der Waals surface area contributed by atoms with Crippen LogP contribution in [0.15, 0.2) is 54.7 Å². The third-order valence-electron chi connectivity index (χ3n) is 6.76. The van der Waals surface area contributed by atoms with E-state index in [-0.39, 0.29) is 30.3 Å². The Hall–Kier alpha value is -3.82. The van der Waals surface area contributed by atoms with Gasteiger partial charge in [-0.05, 0) is 68.0 Å². The molecule has 3 amide bonds. The van der Waals surface area contributed by atoms with Crippen molar-refractivity contribution < 1.29 is 14.4 Å². The molecule has 3 atom stereocenters. The molecule has 1 aliphatic rings. The summed E-state index contributed by atoms with van der Waals surface area (Å²) in [5.74, 6) is -0.844. The number of benzene rings is 2. The Labute approximate surface area is 216 Å². The zero-order chi connectivity index (χ0) is 26.4. The van der Waals surface area contributed by atoms with Gasteiger partial charge in [-0.1, -0.05) is 30.3 Å². The van der Waals surface area contributed by atoms with Crippen LogP contribution in [0.2, 0.25) is 0 Å². The number of anilines is 1. The van der Waals surface area contributed by atoms with Crippen LogP contribution in [0, 0.1) is 13.8 Å². The van der Waals surface area contributed by atoms with Crippen molar-refractivity contribution in [3.05, 3.63) is 71.4 Å². The Bertz CT molecular complexity index is 1280. The van der Waals surface area contributed by atoms with E-state index in [2.05, 4.69) is 26.3 Å². The van der Waals surface area contributed by atoms with Crippen LogP contribution in [0.4, 0.5) is 5.69 Å². The predicted molar refractivity (Wildman–Crippen MR) is 144 cm³/mol. The molecule has 0 bridgehead atoms. The van der Waals surface area contributed by atoms with Gasteiger partial charge in [0.1, 0.15) is 6.04 Å². The summed E-state index contributed by atoms with van der Waals surface area (Å²) in [5, 5.41) is 12.7. The maximum absolute atomic E-state index is 13.3. The highest BCUT2D eigenvalue weighted by molar-refractivity contribution is 5.99. The number of fused-ring (bicyclic) bond motifs is 1. The topological polar surface area (TPSA) is 138 Å². The van der Waals surface area contributed by atoms with Gasteiger partial charge in [0.2, 0.25) is 17.7 Å². The Morgan fingerprint density at radius 2 is 1.86 bits per heavy atom. The van der Waals surface area contributed by atoms with Gasteiger partial charge >= 0.3 is 0 Å². The molecule has 1 aromatic heterocycles. The molecule has 6 N–H and O–H groups in total. The first-order valence-corrected chi connectivity index (χ1v) is 12.6. The number of hydrogen-bond donors (Lipinski definition) is 5.